The molecule has 5 heteroatoms. The number of rotatable bonds is 6. The Hall–Kier alpha value is -3.13. The van der Waals surface area contributed by atoms with Crippen molar-refractivity contribution < 1.29 is 9.18 Å². The van der Waals surface area contributed by atoms with Crippen LogP contribution in [-0.4, -0.2) is 5.91 Å². The minimum absolute atomic E-state index is 0.0401. The Morgan fingerprint density at radius 1 is 1.28 bits per heavy atom. The van der Waals surface area contributed by atoms with Crippen molar-refractivity contribution in [1.29, 1.82) is 5.26 Å². The van der Waals surface area contributed by atoms with Crippen molar-refractivity contribution in [2.75, 3.05) is 5.32 Å². The third kappa shape index (κ3) is 4.92. The van der Waals surface area contributed by atoms with Gasteiger partial charge < -0.3 is 10.6 Å². The van der Waals surface area contributed by atoms with E-state index in [1.807, 2.05) is 38.1 Å². The van der Waals surface area contributed by atoms with Crippen LogP contribution in [0.1, 0.15) is 23.6 Å². The van der Waals surface area contributed by atoms with Gasteiger partial charge >= 0.3 is 0 Å². The van der Waals surface area contributed by atoms with Gasteiger partial charge in [0.1, 0.15) is 17.5 Å². The van der Waals surface area contributed by atoms with Gasteiger partial charge in [0.05, 0.1) is 0 Å². The average Bonchev–Trinajstić information content (AvgIpc) is 2.60. The van der Waals surface area contributed by atoms with Gasteiger partial charge in [0.25, 0.3) is 5.91 Å². The second kappa shape index (κ2) is 8.65. The summed E-state index contributed by atoms with van der Waals surface area (Å²) in [6.07, 6.45) is 2.13. The number of aryl methyl sites for hydroxylation is 2. The normalized spacial score (nSPS) is 10.9. The molecule has 0 saturated heterocycles. The van der Waals surface area contributed by atoms with Crippen molar-refractivity contribution in [1.82, 2.24) is 5.32 Å². The van der Waals surface area contributed by atoms with Gasteiger partial charge in [0, 0.05) is 18.4 Å². The maximum atomic E-state index is 13.1. The van der Waals surface area contributed by atoms with Crippen LogP contribution in [0.2, 0.25) is 0 Å². The third-order valence-electron chi connectivity index (χ3n) is 3.79. The van der Waals surface area contributed by atoms with E-state index in [1.165, 1.54) is 18.3 Å². The van der Waals surface area contributed by atoms with E-state index < -0.39 is 5.91 Å². The van der Waals surface area contributed by atoms with Crippen LogP contribution in [0.15, 0.2) is 54.2 Å². The van der Waals surface area contributed by atoms with E-state index in [1.54, 1.807) is 12.1 Å². The molecule has 0 aliphatic carbocycles. The lowest BCUT2D eigenvalue weighted by molar-refractivity contribution is -0.112. The summed E-state index contributed by atoms with van der Waals surface area (Å²) in [6.45, 7) is 4.24. The number of nitriles is 1. The number of para-hydroxylation sites is 1. The Balaban J connectivity index is 2.07. The first-order valence-electron chi connectivity index (χ1n) is 8.03. The SMILES string of the molecule is CCc1cccc(C)c1NC(=O)/C(C#N)=C\NCc1cccc(F)c1. The molecule has 25 heavy (non-hydrogen) atoms. The van der Waals surface area contributed by atoms with Crippen LogP contribution in [0, 0.1) is 24.1 Å². The van der Waals surface area contributed by atoms with Gasteiger partial charge in [-0.1, -0.05) is 37.3 Å². The smallest absolute Gasteiger partial charge is 0.267 e. The van der Waals surface area contributed by atoms with Crippen LogP contribution in [-0.2, 0) is 17.8 Å². The summed E-state index contributed by atoms with van der Waals surface area (Å²) < 4.78 is 13.1. The molecule has 2 rings (SSSR count). The van der Waals surface area contributed by atoms with E-state index in [0.29, 0.717) is 6.54 Å². The number of anilines is 1. The Bertz CT molecular complexity index is 837. The van der Waals surface area contributed by atoms with Crippen molar-refractivity contribution in [3.05, 3.63) is 76.7 Å². The molecule has 0 bridgehead atoms. The van der Waals surface area contributed by atoms with Gasteiger partial charge in [0.15, 0.2) is 0 Å². The number of carbonyl (C=O) groups is 1. The van der Waals surface area contributed by atoms with Gasteiger partial charge in [-0.3, -0.25) is 4.79 Å². The molecule has 0 aliphatic heterocycles. The van der Waals surface area contributed by atoms with Gasteiger partial charge in [-0.05, 0) is 42.2 Å². The quantitative estimate of drug-likeness (QED) is 0.622. The molecule has 0 fully saturated rings. The highest BCUT2D eigenvalue weighted by atomic mass is 19.1. The molecule has 2 aromatic rings. The molecule has 0 unspecified atom stereocenters. The Morgan fingerprint density at radius 2 is 2.04 bits per heavy atom. The topological polar surface area (TPSA) is 64.9 Å². The Kier molecular flexibility index (Phi) is 6.30. The molecule has 0 aromatic heterocycles. The fraction of sp³-hybridized carbons (Fsp3) is 0.200. The van der Waals surface area contributed by atoms with Gasteiger partial charge in [-0.25, -0.2) is 4.39 Å². The summed E-state index contributed by atoms with van der Waals surface area (Å²) in [5.41, 5.74) is 3.38. The summed E-state index contributed by atoms with van der Waals surface area (Å²) in [5, 5.41) is 14.9. The lowest BCUT2D eigenvalue weighted by Gasteiger charge is -2.12. The largest absolute Gasteiger partial charge is 0.386 e. The maximum absolute atomic E-state index is 13.1. The van der Waals surface area contributed by atoms with E-state index in [-0.39, 0.29) is 11.4 Å². The molecule has 0 radical (unpaired) electrons. The summed E-state index contributed by atoms with van der Waals surface area (Å²) in [6, 6.07) is 13.8. The minimum Gasteiger partial charge on any atom is -0.386 e. The van der Waals surface area contributed by atoms with Crippen LogP contribution < -0.4 is 10.6 Å². The number of nitrogens with zero attached hydrogens (tertiary/aromatic N) is 1. The first-order valence-corrected chi connectivity index (χ1v) is 8.03. The third-order valence-corrected chi connectivity index (χ3v) is 3.79. The van der Waals surface area contributed by atoms with Crippen molar-refractivity contribution in [3.63, 3.8) is 0 Å². The molecule has 1 amide bonds. The van der Waals surface area contributed by atoms with Crippen LogP contribution in [0.3, 0.4) is 0 Å². The van der Waals surface area contributed by atoms with Crippen molar-refractivity contribution in [3.8, 4) is 6.07 Å². The minimum atomic E-state index is -0.474. The van der Waals surface area contributed by atoms with Crippen molar-refractivity contribution in [2.24, 2.45) is 0 Å². The van der Waals surface area contributed by atoms with Gasteiger partial charge in [0.2, 0.25) is 0 Å². The van der Waals surface area contributed by atoms with Gasteiger partial charge in [-0.15, -0.1) is 0 Å². The summed E-state index contributed by atoms with van der Waals surface area (Å²) in [7, 11) is 0. The van der Waals surface area contributed by atoms with Crippen molar-refractivity contribution in [2.45, 2.75) is 26.8 Å². The Morgan fingerprint density at radius 3 is 2.72 bits per heavy atom. The fourth-order valence-electron chi connectivity index (χ4n) is 2.45. The molecule has 0 atom stereocenters. The fourth-order valence-corrected chi connectivity index (χ4v) is 2.45. The zero-order valence-corrected chi connectivity index (χ0v) is 14.3. The van der Waals surface area contributed by atoms with Crippen LogP contribution in [0.4, 0.5) is 10.1 Å². The molecule has 2 aromatic carbocycles. The second-order valence-electron chi connectivity index (χ2n) is 5.60. The second-order valence-corrected chi connectivity index (χ2v) is 5.60. The molecule has 2 N–H and O–H groups in total. The molecule has 0 aliphatic rings. The number of hydrogen-bond donors (Lipinski definition) is 2. The molecular weight excluding hydrogens is 317 g/mol. The maximum Gasteiger partial charge on any atom is 0.267 e. The average molecular weight is 337 g/mol. The molecule has 0 spiro atoms. The van der Waals surface area contributed by atoms with E-state index in [4.69, 9.17) is 0 Å². The molecule has 128 valence electrons. The molecule has 4 nitrogen and oxygen atoms in total. The lowest BCUT2D eigenvalue weighted by atomic mass is 10.1. The number of carbonyl (C=O) groups excluding carboxylic acids is 1. The zero-order valence-electron chi connectivity index (χ0n) is 14.3. The predicted molar refractivity (Wildman–Crippen MR) is 96.1 cm³/mol. The summed E-state index contributed by atoms with van der Waals surface area (Å²) >= 11 is 0. The monoisotopic (exact) mass is 337 g/mol. The standard InChI is InChI=1S/C20H20FN3O/c1-3-16-8-4-6-14(2)19(16)24-20(25)17(11-22)13-23-12-15-7-5-9-18(21)10-15/h4-10,13,23H,3,12H2,1-2H3,(H,24,25)/b17-13-. The first kappa shape index (κ1) is 18.2. The van der Waals surface area contributed by atoms with E-state index >= 15 is 0 Å². The molecule has 0 heterocycles. The highest BCUT2D eigenvalue weighted by Gasteiger charge is 2.12. The van der Waals surface area contributed by atoms with E-state index in [0.717, 1.165) is 28.8 Å². The number of nitrogens with one attached hydrogen (secondary N) is 2. The number of amides is 1. The van der Waals surface area contributed by atoms with Crippen LogP contribution in [0.25, 0.3) is 0 Å². The number of halogens is 1. The van der Waals surface area contributed by atoms with E-state index in [9.17, 15) is 14.4 Å². The van der Waals surface area contributed by atoms with Gasteiger partial charge in [-0.2, -0.15) is 5.26 Å². The summed E-state index contributed by atoms with van der Waals surface area (Å²) in [4.78, 5) is 12.4. The first-order chi connectivity index (χ1) is 12.0. The molecule has 0 saturated carbocycles. The Labute approximate surface area is 147 Å². The van der Waals surface area contributed by atoms with Crippen molar-refractivity contribution >= 4 is 11.6 Å². The number of benzene rings is 2. The zero-order chi connectivity index (χ0) is 18.2. The van der Waals surface area contributed by atoms with E-state index in [2.05, 4.69) is 10.6 Å². The highest BCUT2D eigenvalue weighted by Crippen LogP contribution is 2.21. The highest BCUT2D eigenvalue weighted by molar-refractivity contribution is 6.07. The van der Waals surface area contributed by atoms with Crippen LogP contribution in [0.5, 0.6) is 0 Å². The summed E-state index contributed by atoms with van der Waals surface area (Å²) in [5.74, 6) is -0.800. The van der Waals surface area contributed by atoms with Crippen LogP contribution >= 0.6 is 0 Å². The molecular formula is C20H20FN3O. The lowest BCUT2D eigenvalue weighted by Crippen LogP contribution is -2.18. The number of hydrogen-bond acceptors (Lipinski definition) is 3. The predicted octanol–water partition coefficient (Wildman–Crippen LogP) is 3.83.